The monoisotopic (exact) mass is 126 g/mol. The Morgan fingerprint density at radius 2 is 2.22 bits per heavy atom. The lowest BCUT2D eigenvalue weighted by Crippen LogP contribution is -2.27. The minimum Gasteiger partial charge on any atom is -0.319 e. The first-order valence-corrected chi connectivity index (χ1v) is 3.17. The molecule has 0 spiro atoms. The molecule has 0 atom stereocenters. The summed E-state index contributed by atoms with van der Waals surface area (Å²) in [7, 11) is 1.92. The van der Waals surface area contributed by atoms with Crippen molar-refractivity contribution in [3.63, 3.8) is 0 Å². The maximum absolute atomic E-state index is 3.03. The van der Waals surface area contributed by atoms with Gasteiger partial charge in [0.05, 0.1) is 6.67 Å². The van der Waals surface area contributed by atoms with Crippen LogP contribution in [-0.2, 0) is 0 Å². The highest BCUT2D eigenvalue weighted by Crippen LogP contribution is 1.78. The molecule has 2 nitrogen and oxygen atoms in total. The molecule has 2 heteroatoms. The number of nitrogens with zero attached hydrogens (tertiary/aromatic N) is 1. The summed E-state index contributed by atoms with van der Waals surface area (Å²) in [5.74, 6) is 2.84. The van der Waals surface area contributed by atoms with Gasteiger partial charge in [-0.2, -0.15) is 0 Å². The van der Waals surface area contributed by atoms with Crippen molar-refractivity contribution in [2.24, 2.45) is 0 Å². The first-order valence-electron chi connectivity index (χ1n) is 3.17. The first kappa shape index (κ1) is 8.32. The van der Waals surface area contributed by atoms with E-state index in [2.05, 4.69) is 24.2 Å². The lowest BCUT2D eigenvalue weighted by molar-refractivity contribution is 0.396. The van der Waals surface area contributed by atoms with E-state index in [-0.39, 0.29) is 0 Å². The third-order valence-electron chi connectivity index (χ3n) is 1.00. The van der Waals surface area contributed by atoms with Crippen LogP contribution in [0.4, 0.5) is 0 Å². The van der Waals surface area contributed by atoms with Gasteiger partial charge in [-0.15, -0.1) is 0 Å². The van der Waals surface area contributed by atoms with Gasteiger partial charge in [0.2, 0.25) is 0 Å². The van der Waals surface area contributed by atoms with Gasteiger partial charge >= 0.3 is 0 Å². The average molecular weight is 126 g/mol. The second kappa shape index (κ2) is 5.46. The molecule has 0 rings (SSSR count). The number of hydrogen-bond acceptors (Lipinski definition) is 2. The second-order valence-electron chi connectivity index (χ2n) is 1.73. The number of hydrogen-bond donors (Lipinski definition) is 1. The van der Waals surface area contributed by atoms with Gasteiger partial charge in [-0.05, 0) is 20.9 Å². The van der Waals surface area contributed by atoms with Crippen molar-refractivity contribution in [3.8, 4) is 12.0 Å². The van der Waals surface area contributed by atoms with Crippen LogP contribution in [0.5, 0.6) is 0 Å². The van der Waals surface area contributed by atoms with Crippen LogP contribution in [0.1, 0.15) is 13.8 Å². The van der Waals surface area contributed by atoms with E-state index in [4.69, 9.17) is 0 Å². The molecule has 0 bridgehead atoms. The van der Waals surface area contributed by atoms with Gasteiger partial charge in [-0.3, -0.25) is 0 Å². The summed E-state index contributed by atoms with van der Waals surface area (Å²) < 4.78 is 0. The molecule has 52 valence electrons. The molecule has 0 aliphatic carbocycles. The Hall–Kier alpha value is -0.680. The van der Waals surface area contributed by atoms with Crippen molar-refractivity contribution in [2.75, 3.05) is 20.3 Å². The van der Waals surface area contributed by atoms with Crippen LogP contribution in [0, 0.1) is 12.0 Å². The molecule has 0 aromatic carbocycles. The minimum atomic E-state index is 0.845. The van der Waals surface area contributed by atoms with Crippen molar-refractivity contribution in [1.82, 2.24) is 10.2 Å². The molecule has 0 amide bonds. The molecule has 0 aromatic heterocycles. The maximum atomic E-state index is 3.03. The van der Waals surface area contributed by atoms with Crippen molar-refractivity contribution in [2.45, 2.75) is 13.8 Å². The zero-order chi connectivity index (χ0) is 7.11. The van der Waals surface area contributed by atoms with E-state index in [1.165, 1.54) is 0 Å². The predicted molar refractivity (Wildman–Crippen MR) is 39.8 cm³/mol. The van der Waals surface area contributed by atoms with E-state index in [0.717, 1.165) is 13.2 Å². The van der Waals surface area contributed by atoms with E-state index in [1.54, 1.807) is 0 Å². The fourth-order valence-corrected chi connectivity index (χ4v) is 0.579. The highest BCUT2D eigenvalue weighted by molar-refractivity contribution is 4.93. The maximum Gasteiger partial charge on any atom is 0.0755 e. The SMILES string of the molecule is CC#CN(CC)CNC. The summed E-state index contributed by atoms with van der Waals surface area (Å²) in [5, 5.41) is 3.03. The zero-order valence-electron chi connectivity index (χ0n) is 6.36. The summed E-state index contributed by atoms with van der Waals surface area (Å²) in [4.78, 5) is 2.01. The van der Waals surface area contributed by atoms with Crippen molar-refractivity contribution in [3.05, 3.63) is 0 Å². The molecule has 0 heterocycles. The Morgan fingerprint density at radius 1 is 1.56 bits per heavy atom. The average Bonchev–Trinajstić information content (AvgIpc) is 1.88. The smallest absolute Gasteiger partial charge is 0.0755 e. The minimum absolute atomic E-state index is 0.845. The van der Waals surface area contributed by atoms with Crippen LogP contribution in [0.3, 0.4) is 0 Å². The van der Waals surface area contributed by atoms with Gasteiger partial charge in [0.1, 0.15) is 0 Å². The van der Waals surface area contributed by atoms with E-state index < -0.39 is 0 Å². The fourth-order valence-electron chi connectivity index (χ4n) is 0.579. The number of rotatable bonds is 3. The molecule has 0 aromatic rings. The van der Waals surface area contributed by atoms with Crippen molar-refractivity contribution in [1.29, 1.82) is 0 Å². The lowest BCUT2D eigenvalue weighted by atomic mass is 10.6. The highest BCUT2D eigenvalue weighted by Gasteiger charge is 1.88. The van der Waals surface area contributed by atoms with E-state index in [1.807, 2.05) is 18.9 Å². The zero-order valence-corrected chi connectivity index (χ0v) is 6.36. The van der Waals surface area contributed by atoms with Crippen LogP contribution in [0.25, 0.3) is 0 Å². The van der Waals surface area contributed by atoms with Gasteiger partial charge in [0.25, 0.3) is 0 Å². The molecule has 1 N–H and O–H groups in total. The Bertz CT molecular complexity index is 110. The molecule has 0 saturated carbocycles. The standard InChI is InChI=1S/C7H14N2/c1-4-6-9(5-2)7-8-3/h8H,5,7H2,1-3H3. The van der Waals surface area contributed by atoms with Gasteiger partial charge in [-0.25, -0.2) is 0 Å². The quantitative estimate of drug-likeness (QED) is 0.336. The number of nitrogens with one attached hydrogen (secondary N) is 1. The van der Waals surface area contributed by atoms with Crippen LogP contribution < -0.4 is 5.32 Å². The summed E-state index contributed by atoms with van der Waals surface area (Å²) in [6, 6.07) is 2.95. The second-order valence-corrected chi connectivity index (χ2v) is 1.73. The predicted octanol–water partition coefficient (Wildman–Crippen LogP) is 0.466. The molecule has 0 radical (unpaired) electrons. The molecule has 9 heavy (non-hydrogen) atoms. The normalized spacial score (nSPS) is 7.89. The lowest BCUT2D eigenvalue weighted by Gasteiger charge is -2.12. The Labute approximate surface area is 57.2 Å². The Kier molecular flexibility index (Phi) is 5.04. The third kappa shape index (κ3) is 3.87. The van der Waals surface area contributed by atoms with Crippen LogP contribution in [0.15, 0.2) is 0 Å². The topological polar surface area (TPSA) is 15.3 Å². The molecular weight excluding hydrogens is 112 g/mol. The molecule has 0 aliphatic rings. The largest absolute Gasteiger partial charge is 0.319 e. The highest BCUT2D eigenvalue weighted by atomic mass is 15.2. The van der Waals surface area contributed by atoms with Gasteiger partial charge in [0, 0.05) is 12.6 Å². The third-order valence-corrected chi connectivity index (χ3v) is 1.00. The first-order chi connectivity index (χ1) is 4.35. The molecule has 0 fully saturated rings. The van der Waals surface area contributed by atoms with Crippen molar-refractivity contribution < 1.29 is 0 Å². The fraction of sp³-hybridized carbons (Fsp3) is 0.714. The van der Waals surface area contributed by atoms with Gasteiger partial charge in [-0.1, -0.05) is 5.92 Å². The molecule has 0 aliphatic heterocycles. The molecule has 0 saturated heterocycles. The van der Waals surface area contributed by atoms with Crippen LogP contribution >= 0.6 is 0 Å². The van der Waals surface area contributed by atoms with Crippen LogP contribution in [-0.4, -0.2) is 25.2 Å². The van der Waals surface area contributed by atoms with E-state index >= 15 is 0 Å². The van der Waals surface area contributed by atoms with E-state index in [9.17, 15) is 0 Å². The summed E-state index contributed by atoms with van der Waals surface area (Å²) in [5.41, 5.74) is 0. The van der Waals surface area contributed by atoms with Crippen LogP contribution in [0.2, 0.25) is 0 Å². The van der Waals surface area contributed by atoms with E-state index in [0.29, 0.717) is 0 Å². The summed E-state index contributed by atoms with van der Waals surface area (Å²) in [6.45, 7) is 5.75. The molecular formula is C7H14N2. The summed E-state index contributed by atoms with van der Waals surface area (Å²) >= 11 is 0. The van der Waals surface area contributed by atoms with Gasteiger partial charge in [0.15, 0.2) is 0 Å². The summed E-state index contributed by atoms with van der Waals surface area (Å²) in [6.07, 6.45) is 0. The van der Waals surface area contributed by atoms with Gasteiger partial charge < -0.3 is 10.2 Å². The van der Waals surface area contributed by atoms with Crippen molar-refractivity contribution >= 4 is 0 Å². The molecule has 0 unspecified atom stereocenters. The Morgan fingerprint density at radius 3 is 2.56 bits per heavy atom. The Balaban J connectivity index is 3.50.